The molecule has 7 heteroatoms. The number of H-pyrrole nitrogens is 1. The van der Waals surface area contributed by atoms with Gasteiger partial charge in [-0.25, -0.2) is 14.6 Å². The first kappa shape index (κ1) is 10.2. The van der Waals surface area contributed by atoms with Gasteiger partial charge in [-0.3, -0.25) is 4.98 Å². The molecule has 0 aliphatic rings. The second-order valence-electron chi connectivity index (χ2n) is 2.51. The van der Waals surface area contributed by atoms with Crippen molar-refractivity contribution in [2.24, 2.45) is 0 Å². The van der Waals surface area contributed by atoms with Crippen LogP contribution in [0.4, 0.5) is 5.82 Å². The lowest BCUT2D eigenvalue weighted by Crippen LogP contribution is -2.33. The zero-order valence-electron chi connectivity index (χ0n) is 7.10. The Morgan fingerprint density at radius 3 is 2.93 bits per heavy atom. The van der Waals surface area contributed by atoms with Crippen LogP contribution in [0.25, 0.3) is 0 Å². The molecule has 1 unspecified atom stereocenters. The Hall–Kier alpha value is -1.89. The van der Waals surface area contributed by atoms with Crippen molar-refractivity contribution in [2.45, 2.75) is 6.04 Å². The molecule has 0 amide bonds. The lowest BCUT2D eigenvalue weighted by molar-refractivity contribution is -0.138. The van der Waals surface area contributed by atoms with Crippen molar-refractivity contribution in [2.75, 3.05) is 11.9 Å². The maximum atomic E-state index is 10.7. The lowest BCUT2D eigenvalue weighted by Gasteiger charge is -2.11. The molecule has 7 nitrogen and oxygen atoms in total. The van der Waals surface area contributed by atoms with Crippen LogP contribution in [0.2, 0.25) is 0 Å². The van der Waals surface area contributed by atoms with Crippen LogP contribution in [0.3, 0.4) is 0 Å². The number of aliphatic carboxylic acids is 1. The third-order valence-corrected chi connectivity index (χ3v) is 1.48. The first-order valence-corrected chi connectivity index (χ1v) is 3.79. The van der Waals surface area contributed by atoms with Crippen LogP contribution in [0.5, 0.6) is 0 Å². The standard InChI is InChI=1S/C7H9N3O4/c11-3-4(6(12)13)9-5-1-2-8-7(14)10-5/h1-2,4,11H,3H2,(H,12,13)(H2,8,9,10,14). The quantitative estimate of drug-likeness (QED) is 0.475. The van der Waals surface area contributed by atoms with Gasteiger partial charge in [-0.1, -0.05) is 0 Å². The van der Waals surface area contributed by atoms with E-state index in [4.69, 9.17) is 10.2 Å². The summed E-state index contributed by atoms with van der Waals surface area (Å²) >= 11 is 0. The number of aliphatic hydroxyl groups excluding tert-OH is 1. The van der Waals surface area contributed by atoms with E-state index in [1.807, 2.05) is 0 Å². The summed E-state index contributed by atoms with van der Waals surface area (Å²) in [5.41, 5.74) is -0.586. The number of carboxylic acid groups (broad SMARTS) is 1. The van der Waals surface area contributed by atoms with Crippen LogP contribution in [-0.2, 0) is 4.79 Å². The number of hydrogen-bond donors (Lipinski definition) is 4. The van der Waals surface area contributed by atoms with Gasteiger partial charge in [0.2, 0.25) is 0 Å². The van der Waals surface area contributed by atoms with E-state index in [1.54, 1.807) is 0 Å². The monoisotopic (exact) mass is 199 g/mol. The summed E-state index contributed by atoms with van der Waals surface area (Å²) in [6, 6.07) is 0.251. The van der Waals surface area contributed by atoms with Crippen LogP contribution in [0.1, 0.15) is 0 Å². The van der Waals surface area contributed by atoms with E-state index in [0.29, 0.717) is 0 Å². The number of aromatic nitrogens is 2. The zero-order valence-corrected chi connectivity index (χ0v) is 7.10. The van der Waals surface area contributed by atoms with Crippen molar-refractivity contribution in [3.8, 4) is 0 Å². The Kier molecular flexibility index (Phi) is 3.19. The van der Waals surface area contributed by atoms with Gasteiger partial charge >= 0.3 is 11.7 Å². The van der Waals surface area contributed by atoms with Crippen molar-refractivity contribution in [3.63, 3.8) is 0 Å². The molecule has 0 fully saturated rings. The average molecular weight is 199 g/mol. The van der Waals surface area contributed by atoms with E-state index >= 15 is 0 Å². The van der Waals surface area contributed by atoms with Gasteiger partial charge in [-0.15, -0.1) is 0 Å². The van der Waals surface area contributed by atoms with Crippen LogP contribution in [0, 0.1) is 0 Å². The molecule has 4 N–H and O–H groups in total. The first-order chi connectivity index (χ1) is 6.63. The van der Waals surface area contributed by atoms with E-state index in [9.17, 15) is 9.59 Å². The molecule has 0 aliphatic heterocycles. The molecule has 76 valence electrons. The highest BCUT2D eigenvalue weighted by molar-refractivity contribution is 5.76. The van der Waals surface area contributed by atoms with Gasteiger partial charge in [0, 0.05) is 6.20 Å². The minimum Gasteiger partial charge on any atom is -0.480 e. The molecular weight excluding hydrogens is 190 g/mol. The molecular formula is C7H9N3O4. The van der Waals surface area contributed by atoms with E-state index in [-0.39, 0.29) is 5.82 Å². The number of aromatic amines is 1. The van der Waals surface area contributed by atoms with E-state index < -0.39 is 24.3 Å². The molecule has 0 bridgehead atoms. The van der Waals surface area contributed by atoms with Crippen molar-refractivity contribution < 1.29 is 15.0 Å². The van der Waals surface area contributed by atoms with Crippen molar-refractivity contribution in [3.05, 3.63) is 22.7 Å². The SMILES string of the molecule is O=C(O)C(CO)Nc1ccnc(=O)[nH]1. The lowest BCUT2D eigenvalue weighted by atomic mass is 10.3. The number of nitrogens with zero attached hydrogens (tertiary/aromatic N) is 1. The normalized spacial score (nSPS) is 12.1. The number of aliphatic hydroxyl groups is 1. The smallest absolute Gasteiger partial charge is 0.346 e. The predicted octanol–water partition coefficient (Wildman–Crippen LogP) is -1.37. The summed E-state index contributed by atoms with van der Waals surface area (Å²) in [6.07, 6.45) is 1.23. The van der Waals surface area contributed by atoms with E-state index in [1.165, 1.54) is 12.3 Å². The van der Waals surface area contributed by atoms with Gasteiger partial charge in [0.25, 0.3) is 0 Å². The van der Waals surface area contributed by atoms with Crippen LogP contribution >= 0.6 is 0 Å². The number of carbonyl (C=O) groups is 1. The molecule has 0 spiro atoms. The Bertz CT molecular complexity index is 375. The minimum atomic E-state index is -1.20. The molecule has 14 heavy (non-hydrogen) atoms. The molecule has 0 saturated heterocycles. The van der Waals surface area contributed by atoms with Gasteiger partial charge in [-0.05, 0) is 6.07 Å². The molecule has 1 aromatic heterocycles. The second-order valence-corrected chi connectivity index (χ2v) is 2.51. The maximum Gasteiger partial charge on any atom is 0.346 e. The van der Waals surface area contributed by atoms with Gasteiger partial charge in [0.05, 0.1) is 6.61 Å². The molecule has 0 saturated carbocycles. The highest BCUT2D eigenvalue weighted by Gasteiger charge is 2.15. The van der Waals surface area contributed by atoms with Crippen molar-refractivity contribution in [1.82, 2.24) is 9.97 Å². The fraction of sp³-hybridized carbons (Fsp3) is 0.286. The molecule has 1 heterocycles. The summed E-state index contributed by atoms with van der Waals surface area (Å²) in [6.45, 7) is -0.570. The number of hydrogen-bond acceptors (Lipinski definition) is 5. The Morgan fingerprint density at radius 2 is 2.43 bits per heavy atom. The third-order valence-electron chi connectivity index (χ3n) is 1.48. The molecule has 1 rings (SSSR count). The zero-order chi connectivity index (χ0) is 10.6. The van der Waals surface area contributed by atoms with Gasteiger partial charge in [-0.2, -0.15) is 0 Å². The fourth-order valence-corrected chi connectivity index (χ4v) is 0.826. The van der Waals surface area contributed by atoms with E-state index in [0.717, 1.165) is 0 Å². The highest BCUT2D eigenvalue weighted by atomic mass is 16.4. The maximum absolute atomic E-state index is 10.7. The van der Waals surface area contributed by atoms with Gasteiger partial charge in [0.1, 0.15) is 11.9 Å². The largest absolute Gasteiger partial charge is 0.480 e. The average Bonchev–Trinajstić information content (AvgIpc) is 2.14. The van der Waals surface area contributed by atoms with Crippen LogP contribution in [-0.4, -0.2) is 38.8 Å². The molecule has 1 aromatic rings. The van der Waals surface area contributed by atoms with Crippen molar-refractivity contribution in [1.29, 1.82) is 0 Å². The van der Waals surface area contributed by atoms with E-state index in [2.05, 4.69) is 15.3 Å². The topological polar surface area (TPSA) is 115 Å². The minimum absolute atomic E-state index is 0.200. The Balaban J connectivity index is 2.77. The molecule has 0 aromatic carbocycles. The van der Waals surface area contributed by atoms with Crippen LogP contribution < -0.4 is 11.0 Å². The summed E-state index contributed by atoms with van der Waals surface area (Å²) < 4.78 is 0. The summed E-state index contributed by atoms with van der Waals surface area (Å²) in [5.74, 6) is -1.00. The number of carboxylic acids is 1. The summed E-state index contributed by atoms with van der Waals surface area (Å²) in [4.78, 5) is 26.8. The number of anilines is 1. The summed E-state index contributed by atoms with van der Waals surface area (Å²) in [7, 11) is 0. The van der Waals surface area contributed by atoms with Gasteiger partial charge < -0.3 is 15.5 Å². The molecule has 1 atom stereocenters. The Morgan fingerprint density at radius 1 is 1.71 bits per heavy atom. The molecule has 0 aliphatic carbocycles. The fourth-order valence-electron chi connectivity index (χ4n) is 0.826. The second kappa shape index (κ2) is 4.38. The summed E-state index contributed by atoms with van der Waals surface area (Å²) in [5, 5.41) is 19.7. The molecule has 0 radical (unpaired) electrons. The van der Waals surface area contributed by atoms with Crippen molar-refractivity contribution >= 4 is 11.8 Å². The van der Waals surface area contributed by atoms with Crippen LogP contribution in [0.15, 0.2) is 17.1 Å². The third kappa shape index (κ3) is 2.56. The first-order valence-electron chi connectivity index (χ1n) is 3.79. The predicted molar refractivity (Wildman–Crippen MR) is 47.0 cm³/mol. The Labute approximate surface area is 78.4 Å². The van der Waals surface area contributed by atoms with Gasteiger partial charge in [0.15, 0.2) is 0 Å². The highest BCUT2D eigenvalue weighted by Crippen LogP contribution is 1.99. The number of nitrogens with one attached hydrogen (secondary N) is 2. The number of rotatable bonds is 4.